The zero-order valence-electron chi connectivity index (χ0n) is 11.0. The van der Waals surface area contributed by atoms with Gasteiger partial charge in [-0.25, -0.2) is 9.18 Å². The molecule has 4 nitrogen and oxygen atoms in total. The number of hydrogen-bond donors (Lipinski definition) is 1. The average Bonchev–Trinajstić information content (AvgIpc) is 2.39. The second kappa shape index (κ2) is 5.73. The Labute approximate surface area is 112 Å². The van der Waals surface area contributed by atoms with Gasteiger partial charge < -0.3 is 15.1 Å². The minimum Gasteiger partial charge on any atom is -0.366 e. The number of benzene rings is 1. The fourth-order valence-corrected chi connectivity index (χ4v) is 2.12. The van der Waals surface area contributed by atoms with Gasteiger partial charge in [-0.15, -0.1) is 0 Å². The molecule has 0 spiro atoms. The van der Waals surface area contributed by atoms with Gasteiger partial charge in [0.15, 0.2) is 0 Å². The third kappa shape index (κ3) is 3.24. The number of piperazine rings is 1. The van der Waals surface area contributed by atoms with Crippen molar-refractivity contribution in [2.45, 2.75) is 6.92 Å². The lowest BCUT2D eigenvalue weighted by molar-refractivity contribution is 0.197. The summed E-state index contributed by atoms with van der Waals surface area (Å²) in [4.78, 5) is 15.5. The number of urea groups is 1. The molecule has 0 aliphatic carbocycles. The molecule has 1 heterocycles. The van der Waals surface area contributed by atoms with Gasteiger partial charge in [0.2, 0.25) is 0 Å². The highest BCUT2D eigenvalue weighted by atomic mass is 19.1. The van der Waals surface area contributed by atoms with Crippen LogP contribution >= 0.6 is 0 Å². The van der Waals surface area contributed by atoms with Crippen LogP contribution in [0.15, 0.2) is 36.5 Å². The summed E-state index contributed by atoms with van der Waals surface area (Å²) in [5.41, 5.74) is 1.23. The van der Waals surface area contributed by atoms with Gasteiger partial charge in [0, 0.05) is 31.9 Å². The largest absolute Gasteiger partial charge is 0.366 e. The lowest BCUT2D eigenvalue weighted by Gasteiger charge is -2.36. The van der Waals surface area contributed by atoms with Crippen LogP contribution in [0.1, 0.15) is 6.92 Å². The van der Waals surface area contributed by atoms with Crippen molar-refractivity contribution in [2.75, 3.05) is 31.1 Å². The number of allylic oxidation sites excluding steroid dienone is 1. The Hall–Kier alpha value is -2.04. The average molecular weight is 263 g/mol. The number of hydrogen-bond acceptors (Lipinski definition) is 2. The number of nitrogens with one attached hydrogen (secondary N) is 1. The molecule has 0 bridgehead atoms. The van der Waals surface area contributed by atoms with Crippen molar-refractivity contribution in [3.05, 3.63) is 42.4 Å². The van der Waals surface area contributed by atoms with Crippen LogP contribution in [0.3, 0.4) is 0 Å². The summed E-state index contributed by atoms with van der Waals surface area (Å²) in [6, 6.07) is 6.57. The molecule has 0 aromatic heterocycles. The van der Waals surface area contributed by atoms with E-state index in [1.165, 1.54) is 6.07 Å². The first-order chi connectivity index (χ1) is 9.08. The van der Waals surface area contributed by atoms with Gasteiger partial charge in [-0.05, 0) is 19.1 Å². The topological polar surface area (TPSA) is 35.6 Å². The Morgan fingerprint density at radius 3 is 2.47 bits per heavy atom. The molecule has 1 aromatic carbocycles. The van der Waals surface area contributed by atoms with Crippen molar-refractivity contribution >= 4 is 11.7 Å². The second-order valence-corrected chi connectivity index (χ2v) is 4.64. The normalized spacial score (nSPS) is 15.3. The fraction of sp³-hybridized carbons (Fsp3) is 0.357. The Morgan fingerprint density at radius 1 is 1.26 bits per heavy atom. The summed E-state index contributed by atoms with van der Waals surface area (Å²) in [6.45, 7) is 7.80. The van der Waals surface area contributed by atoms with E-state index in [2.05, 4.69) is 11.9 Å². The molecule has 0 saturated carbocycles. The maximum atomic E-state index is 13.7. The number of nitrogens with zero attached hydrogens (tertiary/aromatic N) is 2. The van der Waals surface area contributed by atoms with Gasteiger partial charge in [0.25, 0.3) is 0 Å². The maximum absolute atomic E-state index is 13.7. The van der Waals surface area contributed by atoms with Gasteiger partial charge in [-0.1, -0.05) is 18.7 Å². The number of amides is 2. The molecule has 5 heteroatoms. The van der Waals surface area contributed by atoms with Crippen molar-refractivity contribution in [1.82, 2.24) is 10.2 Å². The summed E-state index contributed by atoms with van der Waals surface area (Å²) in [6.07, 6.45) is 0. The lowest BCUT2D eigenvalue weighted by atomic mass is 10.2. The van der Waals surface area contributed by atoms with E-state index in [9.17, 15) is 9.18 Å². The molecule has 1 fully saturated rings. The van der Waals surface area contributed by atoms with Crippen LogP contribution in [-0.4, -0.2) is 37.1 Å². The van der Waals surface area contributed by atoms with E-state index in [-0.39, 0.29) is 11.8 Å². The molecule has 2 amide bonds. The Balaban J connectivity index is 1.94. The number of para-hydroxylation sites is 1. The zero-order valence-corrected chi connectivity index (χ0v) is 11.0. The third-order valence-electron chi connectivity index (χ3n) is 3.08. The second-order valence-electron chi connectivity index (χ2n) is 4.64. The molecule has 19 heavy (non-hydrogen) atoms. The van der Waals surface area contributed by atoms with Crippen LogP contribution in [0.2, 0.25) is 0 Å². The third-order valence-corrected chi connectivity index (χ3v) is 3.08. The molecule has 0 atom stereocenters. The first-order valence-corrected chi connectivity index (χ1v) is 6.29. The molecular formula is C14H18FN3O. The van der Waals surface area contributed by atoms with E-state index < -0.39 is 0 Å². The predicted molar refractivity (Wildman–Crippen MR) is 73.5 cm³/mol. The van der Waals surface area contributed by atoms with Crippen LogP contribution in [-0.2, 0) is 0 Å². The number of carbonyl (C=O) groups excluding carboxylic acids is 1. The van der Waals surface area contributed by atoms with Gasteiger partial charge in [-0.3, -0.25) is 0 Å². The quantitative estimate of drug-likeness (QED) is 0.887. The molecule has 0 radical (unpaired) electrons. The molecule has 1 saturated heterocycles. The number of halogens is 1. The van der Waals surface area contributed by atoms with Crippen molar-refractivity contribution in [1.29, 1.82) is 0 Å². The minimum atomic E-state index is -0.220. The molecule has 1 N–H and O–H groups in total. The standard InChI is InChI=1S/C14H18FN3O/c1-11(2)16-14(19)18-9-7-17(8-10-18)13-6-4-3-5-12(13)15/h3-6H,1,7-10H2,2H3,(H,16,19). The molecule has 0 unspecified atom stereocenters. The highest BCUT2D eigenvalue weighted by Gasteiger charge is 2.22. The van der Waals surface area contributed by atoms with Crippen LogP contribution in [0.25, 0.3) is 0 Å². The van der Waals surface area contributed by atoms with Crippen molar-refractivity contribution in [2.24, 2.45) is 0 Å². The molecular weight excluding hydrogens is 245 g/mol. The Morgan fingerprint density at radius 2 is 1.89 bits per heavy atom. The number of rotatable bonds is 2. The van der Waals surface area contributed by atoms with Gasteiger partial charge in [0.05, 0.1) is 5.69 Å². The fourth-order valence-electron chi connectivity index (χ4n) is 2.12. The summed E-state index contributed by atoms with van der Waals surface area (Å²) in [5.74, 6) is -0.220. The highest BCUT2D eigenvalue weighted by molar-refractivity contribution is 5.76. The summed E-state index contributed by atoms with van der Waals surface area (Å²) in [5, 5.41) is 2.68. The van der Waals surface area contributed by atoms with E-state index in [4.69, 9.17) is 0 Å². The SMILES string of the molecule is C=C(C)NC(=O)N1CCN(c2ccccc2F)CC1. The zero-order chi connectivity index (χ0) is 13.8. The molecule has 1 aromatic rings. The predicted octanol–water partition coefficient (Wildman–Crippen LogP) is 2.19. The van der Waals surface area contributed by atoms with Gasteiger partial charge in [-0.2, -0.15) is 0 Å². The first-order valence-electron chi connectivity index (χ1n) is 6.29. The number of carbonyl (C=O) groups is 1. The Bertz CT molecular complexity index is 481. The van der Waals surface area contributed by atoms with E-state index in [0.29, 0.717) is 37.6 Å². The van der Waals surface area contributed by atoms with Crippen molar-refractivity contribution < 1.29 is 9.18 Å². The van der Waals surface area contributed by atoms with E-state index in [0.717, 1.165) is 0 Å². The molecule has 2 rings (SSSR count). The summed E-state index contributed by atoms with van der Waals surface area (Å²) < 4.78 is 13.7. The molecule has 102 valence electrons. The Kier molecular flexibility index (Phi) is 4.04. The van der Waals surface area contributed by atoms with Gasteiger partial charge >= 0.3 is 6.03 Å². The van der Waals surface area contributed by atoms with Crippen LogP contribution in [0.5, 0.6) is 0 Å². The lowest BCUT2D eigenvalue weighted by Crippen LogP contribution is -2.51. The van der Waals surface area contributed by atoms with E-state index in [1.54, 1.807) is 24.0 Å². The minimum absolute atomic E-state index is 0.138. The monoisotopic (exact) mass is 263 g/mol. The van der Waals surface area contributed by atoms with E-state index >= 15 is 0 Å². The van der Waals surface area contributed by atoms with Crippen LogP contribution in [0, 0.1) is 5.82 Å². The molecule has 1 aliphatic heterocycles. The maximum Gasteiger partial charge on any atom is 0.321 e. The van der Waals surface area contributed by atoms with Crippen molar-refractivity contribution in [3.8, 4) is 0 Å². The number of anilines is 1. The summed E-state index contributed by atoms with van der Waals surface area (Å²) >= 11 is 0. The van der Waals surface area contributed by atoms with Crippen molar-refractivity contribution in [3.63, 3.8) is 0 Å². The van der Waals surface area contributed by atoms with Crippen LogP contribution in [0.4, 0.5) is 14.9 Å². The van der Waals surface area contributed by atoms with Crippen LogP contribution < -0.4 is 10.2 Å². The smallest absolute Gasteiger partial charge is 0.321 e. The molecule has 1 aliphatic rings. The van der Waals surface area contributed by atoms with E-state index in [1.807, 2.05) is 11.0 Å². The summed E-state index contributed by atoms with van der Waals surface area (Å²) in [7, 11) is 0. The van der Waals surface area contributed by atoms with Gasteiger partial charge in [0.1, 0.15) is 5.82 Å². The first kappa shape index (κ1) is 13.4. The highest BCUT2D eigenvalue weighted by Crippen LogP contribution is 2.20.